The Bertz CT molecular complexity index is 742. The van der Waals surface area contributed by atoms with Crippen LogP contribution in [-0.4, -0.2) is 28.8 Å². The van der Waals surface area contributed by atoms with E-state index in [-0.39, 0.29) is 11.5 Å². The number of Topliss-reactive ketones (excluding diaryl/α,β-unsaturated/α-hetero) is 1. The van der Waals surface area contributed by atoms with Crippen LogP contribution in [0.1, 0.15) is 18.5 Å². The number of non-ortho nitro benzene ring substituents is 1. The summed E-state index contributed by atoms with van der Waals surface area (Å²) in [7, 11) is 0. The molecular weight excluding hydrogens is 270 g/mol. The van der Waals surface area contributed by atoms with Gasteiger partial charge in [0.15, 0.2) is 5.78 Å². The van der Waals surface area contributed by atoms with Crippen LogP contribution in [0.4, 0.5) is 11.4 Å². The molecule has 108 valence electrons. The molecule has 6 heteroatoms. The van der Waals surface area contributed by atoms with E-state index in [9.17, 15) is 14.9 Å². The number of nitro groups is 1. The van der Waals surface area contributed by atoms with Crippen LogP contribution in [0.15, 0.2) is 24.4 Å². The van der Waals surface area contributed by atoms with E-state index in [4.69, 9.17) is 0 Å². The number of nitrogens with zero attached hydrogens (tertiary/aromatic N) is 3. The zero-order valence-corrected chi connectivity index (χ0v) is 11.7. The first-order valence-electron chi connectivity index (χ1n) is 6.86. The van der Waals surface area contributed by atoms with Gasteiger partial charge in [-0.25, -0.2) is 0 Å². The van der Waals surface area contributed by atoms with Crippen LogP contribution in [0.5, 0.6) is 0 Å². The minimum Gasteiger partial charge on any atom is -0.364 e. The predicted octanol–water partition coefficient (Wildman–Crippen LogP) is 2.62. The number of carbonyl (C=O) groups is 1. The molecule has 1 aromatic carbocycles. The molecule has 6 nitrogen and oxygen atoms in total. The van der Waals surface area contributed by atoms with Crippen molar-refractivity contribution in [2.24, 2.45) is 0 Å². The van der Waals surface area contributed by atoms with Crippen LogP contribution < -0.4 is 4.90 Å². The van der Waals surface area contributed by atoms with Gasteiger partial charge in [0, 0.05) is 42.0 Å². The summed E-state index contributed by atoms with van der Waals surface area (Å²) in [5.74, 6) is 0.207. The summed E-state index contributed by atoms with van der Waals surface area (Å²) in [4.78, 5) is 28.6. The number of anilines is 1. The highest BCUT2D eigenvalue weighted by Gasteiger charge is 2.22. The van der Waals surface area contributed by atoms with Gasteiger partial charge in [-0.1, -0.05) is 0 Å². The smallest absolute Gasteiger partial charge is 0.278 e. The predicted molar refractivity (Wildman–Crippen MR) is 79.6 cm³/mol. The Balaban J connectivity index is 2.19. The summed E-state index contributed by atoms with van der Waals surface area (Å²) < 4.78 is 0. The zero-order chi connectivity index (χ0) is 15.0. The Hall–Kier alpha value is -2.50. The Morgan fingerprint density at radius 2 is 2.14 bits per heavy atom. The van der Waals surface area contributed by atoms with E-state index in [1.807, 2.05) is 17.9 Å². The van der Waals surface area contributed by atoms with Crippen molar-refractivity contribution in [1.29, 1.82) is 0 Å². The Labute approximate surface area is 121 Å². The fourth-order valence-corrected chi connectivity index (χ4v) is 2.79. The van der Waals surface area contributed by atoms with Gasteiger partial charge in [0.1, 0.15) is 0 Å². The lowest BCUT2D eigenvalue weighted by Crippen LogP contribution is -2.35. The summed E-state index contributed by atoms with van der Waals surface area (Å²) >= 11 is 0. The van der Waals surface area contributed by atoms with E-state index in [2.05, 4.69) is 4.98 Å². The number of ketones is 1. The minimum absolute atomic E-state index is 0.0459. The van der Waals surface area contributed by atoms with E-state index < -0.39 is 4.92 Å². The highest BCUT2D eigenvalue weighted by Crippen LogP contribution is 2.34. The fourth-order valence-electron chi connectivity index (χ4n) is 2.79. The van der Waals surface area contributed by atoms with Crippen molar-refractivity contribution < 1.29 is 9.72 Å². The van der Waals surface area contributed by atoms with Crippen molar-refractivity contribution in [2.75, 3.05) is 18.0 Å². The quantitative estimate of drug-likeness (QED) is 0.626. The fraction of sp³-hybridized carbons (Fsp3) is 0.333. The van der Waals surface area contributed by atoms with Gasteiger partial charge >= 0.3 is 0 Å². The van der Waals surface area contributed by atoms with Gasteiger partial charge in [-0.05, 0) is 25.5 Å². The van der Waals surface area contributed by atoms with Gasteiger partial charge in [-0.2, -0.15) is 0 Å². The van der Waals surface area contributed by atoms with Gasteiger partial charge in [0.05, 0.1) is 16.9 Å². The molecule has 21 heavy (non-hydrogen) atoms. The van der Waals surface area contributed by atoms with Gasteiger partial charge in [-0.3, -0.25) is 19.9 Å². The van der Waals surface area contributed by atoms with Crippen LogP contribution in [0.2, 0.25) is 0 Å². The molecule has 0 amide bonds. The number of nitro benzene ring substituents is 1. The van der Waals surface area contributed by atoms with E-state index in [1.54, 1.807) is 6.07 Å². The second-order valence-corrected chi connectivity index (χ2v) is 5.30. The summed E-state index contributed by atoms with van der Waals surface area (Å²) in [5.41, 5.74) is 1.71. The number of carbonyl (C=O) groups excluding carboxylic acids is 1. The van der Waals surface area contributed by atoms with Crippen LogP contribution in [0.3, 0.4) is 0 Å². The van der Waals surface area contributed by atoms with Crippen molar-refractivity contribution in [3.8, 4) is 0 Å². The molecular formula is C15H15N3O3. The number of hydrogen-bond acceptors (Lipinski definition) is 5. The van der Waals surface area contributed by atoms with Crippen molar-refractivity contribution in [2.45, 2.75) is 19.8 Å². The van der Waals surface area contributed by atoms with Crippen LogP contribution >= 0.6 is 0 Å². The van der Waals surface area contributed by atoms with Crippen molar-refractivity contribution in [3.05, 3.63) is 40.2 Å². The number of hydrogen-bond donors (Lipinski definition) is 0. The maximum Gasteiger partial charge on any atom is 0.278 e. The van der Waals surface area contributed by atoms with Crippen molar-refractivity contribution in [3.63, 3.8) is 0 Å². The number of fused-ring (bicyclic) bond motifs is 1. The van der Waals surface area contributed by atoms with Crippen LogP contribution in [-0.2, 0) is 4.79 Å². The maximum atomic E-state index is 11.7. The number of pyridine rings is 1. The van der Waals surface area contributed by atoms with Gasteiger partial charge < -0.3 is 4.90 Å². The molecule has 0 N–H and O–H groups in total. The number of benzene rings is 1. The van der Waals surface area contributed by atoms with Crippen LogP contribution in [0, 0.1) is 17.0 Å². The molecule has 0 radical (unpaired) electrons. The van der Waals surface area contributed by atoms with E-state index in [0.29, 0.717) is 18.4 Å². The molecule has 1 aliphatic rings. The number of aromatic nitrogens is 1. The highest BCUT2D eigenvalue weighted by molar-refractivity contribution is 6.01. The minimum atomic E-state index is -0.398. The number of aryl methyl sites for hydroxylation is 1. The van der Waals surface area contributed by atoms with E-state index >= 15 is 0 Å². The average molecular weight is 285 g/mol. The standard InChI is InChI=1S/C15H15N3O3/c1-10-7-12-13(8-16-10)15(18(20)21)5-4-14(12)17-6-2-3-11(19)9-17/h4-5,7-8H,2-3,6,9H2,1H3. The molecule has 2 aromatic rings. The average Bonchev–Trinajstić information content (AvgIpc) is 2.45. The molecule has 1 aromatic heterocycles. The molecule has 1 aliphatic heterocycles. The highest BCUT2D eigenvalue weighted by atomic mass is 16.6. The third-order valence-electron chi connectivity index (χ3n) is 3.78. The second kappa shape index (κ2) is 5.12. The first-order chi connectivity index (χ1) is 10.1. The Morgan fingerprint density at radius 3 is 2.86 bits per heavy atom. The molecule has 0 spiro atoms. The Morgan fingerprint density at radius 1 is 1.33 bits per heavy atom. The van der Waals surface area contributed by atoms with Crippen LogP contribution in [0.25, 0.3) is 10.8 Å². The van der Waals surface area contributed by atoms with Gasteiger partial charge in [0.2, 0.25) is 0 Å². The third kappa shape index (κ3) is 2.44. The van der Waals surface area contributed by atoms with Gasteiger partial charge in [-0.15, -0.1) is 0 Å². The largest absolute Gasteiger partial charge is 0.364 e. The SMILES string of the molecule is Cc1cc2c(N3CCCC(=O)C3)ccc([N+](=O)[O-])c2cn1. The summed E-state index contributed by atoms with van der Waals surface area (Å²) in [6, 6.07) is 5.07. The monoisotopic (exact) mass is 285 g/mol. The molecule has 0 atom stereocenters. The van der Waals surface area contributed by atoms with E-state index in [0.717, 1.165) is 29.7 Å². The Kier molecular flexibility index (Phi) is 3.29. The van der Waals surface area contributed by atoms with Crippen molar-refractivity contribution in [1.82, 2.24) is 4.98 Å². The number of piperidine rings is 1. The van der Waals surface area contributed by atoms with E-state index in [1.165, 1.54) is 12.3 Å². The summed E-state index contributed by atoms with van der Waals surface area (Å²) in [6.07, 6.45) is 2.97. The molecule has 0 bridgehead atoms. The zero-order valence-electron chi connectivity index (χ0n) is 11.7. The summed E-state index contributed by atoms with van der Waals surface area (Å²) in [6.45, 7) is 3.01. The number of rotatable bonds is 2. The van der Waals surface area contributed by atoms with Gasteiger partial charge in [0.25, 0.3) is 5.69 Å². The third-order valence-corrected chi connectivity index (χ3v) is 3.78. The molecule has 3 rings (SSSR count). The topological polar surface area (TPSA) is 76.3 Å². The first kappa shape index (κ1) is 13.5. The summed E-state index contributed by atoms with van der Waals surface area (Å²) in [5, 5.41) is 12.4. The lowest BCUT2D eigenvalue weighted by atomic mass is 10.0. The maximum absolute atomic E-state index is 11.7. The van der Waals surface area contributed by atoms with Crippen molar-refractivity contribution >= 4 is 27.9 Å². The molecule has 0 saturated carbocycles. The molecule has 1 saturated heterocycles. The first-order valence-corrected chi connectivity index (χ1v) is 6.86. The lowest BCUT2D eigenvalue weighted by Gasteiger charge is -2.29. The molecule has 2 heterocycles. The molecule has 1 fully saturated rings. The second-order valence-electron chi connectivity index (χ2n) is 5.30. The molecule has 0 unspecified atom stereocenters. The lowest BCUT2D eigenvalue weighted by molar-refractivity contribution is -0.383. The normalized spacial score (nSPS) is 15.5. The molecule has 0 aliphatic carbocycles.